The summed E-state index contributed by atoms with van der Waals surface area (Å²) in [5, 5.41) is 6.87. The van der Waals surface area contributed by atoms with E-state index in [1.165, 1.54) is 37.0 Å². The van der Waals surface area contributed by atoms with Crippen LogP contribution in [0.5, 0.6) is 11.5 Å². The summed E-state index contributed by atoms with van der Waals surface area (Å²) in [6.07, 6.45) is 3.66. The standard InChI is InChI=1S/C22H27F2N3O2S/c1-28-18-9-5-16(6-10-18)20(27-13-3-2-4-14-27)15-25-22(30)26-17-7-11-19(12-8-17)29-21(23)24/h5-12,20-21H,2-4,13-15H2,1H3,(H2,25,26,30). The number of rotatable bonds is 8. The van der Waals surface area contributed by atoms with E-state index in [0.717, 1.165) is 18.8 Å². The maximum atomic E-state index is 12.3. The molecule has 0 radical (unpaired) electrons. The number of nitrogens with zero attached hydrogens (tertiary/aromatic N) is 1. The highest BCUT2D eigenvalue weighted by atomic mass is 32.1. The van der Waals surface area contributed by atoms with Gasteiger partial charge in [0.25, 0.3) is 0 Å². The first kappa shape index (κ1) is 22.2. The van der Waals surface area contributed by atoms with Gasteiger partial charge in [0.15, 0.2) is 5.11 Å². The topological polar surface area (TPSA) is 45.8 Å². The summed E-state index contributed by atoms with van der Waals surface area (Å²) < 4.78 is 34.2. The van der Waals surface area contributed by atoms with Gasteiger partial charge in [-0.05, 0) is 80.1 Å². The van der Waals surface area contributed by atoms with Crippen LogP contribution in [0.15, 0.2) is 48.5 Å². The Labute approximate surface area is 181 Å². The van der Waals surface area contributed by atoms with E-state index < -0.39 is 6.61 Å². The monoisotopic (exact) mass is 435 g/mol. The lowest BCUT2D eigenvalue weighted by Gasteiger charge is -2.35. The average molecular weight is 436 g/mol. The van der Waals surface area contributed by atoms with Crippen LogP contribution in [0.25, 0.3) is 0 Å². The molecule has 3 rings (SSSR count). The van der Waals surface area contributed by atoms with Crippen LogP contribution in [0.3, 0.4) is 0 Å². The number of ether oxygens (including phenoxy) is 2. The molecule has 1 heterocycles. The summed E-state index contributed by atoms with van der Waals surface area (Å²) >= 11 is 5.44. The number of anilines is 1. The molecule has 0 aliphatic carbocycles. The second-order valence-corrected chi connectivity index (χ2v) is 7.53. The fourth-order valence-electron chi connectivity index (χ4n) is 3.60. The molecular formula is C22H27F2N3O2S. The zero-order chi connectivity index (χ0) is 21.3. The van der Waals surface area contributed by atoms with E-state index in [0.29, 0.717) is 17.3 Å². The van der Waals surface area contributed by atoms with Gasteiger partial charge < -0.3 is 20.1 Å². The minimum Gasteiger partial charge on any atom is -0.497 e. The number of benzene rings is 2. The Hall–Kier alpha value is -2.45. The van der Waals surface area contributed by atoms with Crippen LogP contribution in [0.1, 0.15) is 30.9 Å². The Morgan fingerprint density at radius 2 is 1.63 bits per heavy atom. The maximum Gasteiger partial charge on any atom is 0.387 e. The molecule has 1 aliphatic rings. The van der Waals surface area contributed by atoms with E-state index in [4.69, 9.17) is 17.0 Å². The Bertz CT molecular complexity index is 797. The SMILES string of the molecule is COc1ccc(C(CNC(=S)Nc2ccc(OC(F)F)cc2)N2CCCCC2)cc1. The fraction of sp³-hybridized carbons (Fsp3) is 0.409. The molecule has 2 N–H and O–H groups in total. The summed E-state index contributed by atoms with van der Waals surface area (Å²) in [4.78, 5) is 2.48. The van der Waals surface area contributed by atoms with Gasteiger partial charge in [-0.25, -0.2) is 0 Å². The van der Waals surface area contributed by atoms with E-state index in [1.54, 1.807) is 19.2 Å². The molecule has 162 valence electrons. The lowest BCUT2D eigenvalue weighted by molar-refractivity contribution is -0.0498. The van der Waals surface area contributed by atoms with Gasteiger partial charge in [-0.3, -0.25) is 4.90 Å². The van der Waals surface area contributed by atoms with Crippen molar-refractivity contribution in [2.24, 2.45) is 0 Å². The predicted octanol–water partition coefficient (Wildman–Crippen LogP) is 4.81. The molecule has 0 aromatic heterocycles. The number of hydrogen-bond acceptors (Lipinski definition) is 4. The van der Waals surface area contributed by atoms with Crippen molar-refractivity contribution < 1.29 is 18.3 Å². The zero-order valence-corrected chi connectivity index (χ0v) is 17.8. The van der Waals surface area contributed by atoms with Gasteiger partial charge >= 0.3 is 6.61 Å². The smallest absolute Gasteiger partial charge is 0.387 e. The minimum absolute atomic E-state index is 0.110. The molecule has 1 unspecified atom stereocenters. The maximum absolute atomic E-state index is 12.3. The van der Waals surface area contributed by atoms with Gasteiger partial charge in [-0.1, -0.05) is 18.6 Å². The Kier molecular flexibility index (Phi) is 8.21. The molecule has 0 spiro atoms. The van der Waals surface area contributed by atoms with Crippen molar-refractivity contribution in [3.8, 4) is 11.5 Å². The van der Waals surface area contributed by atoms with Gasteiger partial charge in [0.05, 0.1) is 13.2 Å². The number of methoxy groups -OCH3 is 1. The third-order valence-corrected chi connectivity index (χ3v) is 5.37. The molecule has 2 aromatic rings. The molecule has 1 fully saturated rings. The summed E-state index contributed by atoms with van der Waals surface area (Å²) in [6, 6.07) is 14.6. The fourth-order valence-corrected chi connectivity index (χ4v) is 3.80. The number of halogens is 2. The van der Waals surface area contributed by atoms with E-state index in [1.807, 2.05) is 12.1 Å². The first-order chi connectivity index (χ1) is 14.5. The number of nitrogens with one attached hydrogen (secondary N) is 2. The highest BCUT2D eigenvalue weighted by Gasteiger charge is 2.22. The van der Waals surface area contributed by atoms with Crippen molar-refractivity contribution >= 4 is 23.0 Å². The van der Waals surface area contributed by atoms with Gasteiger partial charge in [0.1, 0.15) is 11.5 Å². The molecule has 5 nitrogen and oxygen atoms in total. The second kappa shape index (κ2) is 11.1. The van der Waals surface area contributed by atoms with E-state index in [9.17, 15) is 8.78 Å². The van der Waals surface area contributed by atoms with Crippen molar-refractivity contribution in [3.63, 3.8) is 0 Å². The number of hydrogen-bond donors (Lipinski definition) is 2. The summed E-state index contributed by atoms with van der Waals surface area (Å²) in [5.41, 5.74) is 1.91. The first-order valence-electron chi connectivity index (χ1n) is 10.0. The molecular weight excluding hydrogens is 408 g/mol. The van der Waals surface area contributed by atoms with E-state index in [2.05, 4.69) is 32.4 Å². The van der Waals surface area contributed by atoms with Crippen LogP contribution in [0.4, 0.5) is 14.5 Å². The first-order valence-corrected chi connectivity index (χ1v) is 10.4. The molecule has 1 saturated heterocycles. The molecule has 1 atom stereocenters. The van der Waals surface area contributed by atoms with Crippen LogP contribution < -0.4 is 20.1 Å². The van der Waals surface area contributed by atoms with Gasteiger partial charge in [0.2, 0.25) is 0 Å². The molecule has 2 aromatic carbocycles. The Morgan fingerprint density at radius 1 is 1.00 bits per heavy atom. The summed E-state index contributed by atoms with van der Waals surface area (Å²) in [7, 11) is 1.66. The number of thiocarbonyl (C=S) groups is 1. The summed E-state index contributed by atoms with van der Waals surface area (Å²) in [5.74, 6) is 0.944. The van der Waals surface area contributed by atoms with Crippen LogP contribution in [-0.2, 0) is 0 Å². The molecule has 0 bridgehead atoms. The Balaban J connectivity index is 1.60. The number of alkyl halides is 2. The molecule has 1 aliphatic heterocycles. The lowest BCUT2D eigenvalue weighted by Crippen LogP contribution is -2.41. The largest absolute Gasteiger partial charge is 0.497 e. The molecule has 0 saturated carbocycles. The number of piperidine rings is 1. The average Bonchev–Trinajstić information content (AvgIpc) is 2.76. The highest BCUT2D eigenvalue weighted by molar-refractivity contribution is 7.80. The Morgan fingerprint density at radius 3 is 2.23 bits per heavy atom. The predicted molar refractivity (Wildman–Crippen MR) is 118 cm³/mol. The normalized spacial score (nSPS) is 15.5. The van der Waals surface area contributed by atoms with Crippen molar-refractivity contribution in [2.75, 3.05) is 32.1 Å². The molecule has 0 amide bonds. The van der Waals surface area contributed by atoms with E-state index >= 15 is 0 Å². The van der Waals surface area contributed by atoms with Gasteiger partial charge in [-0.15, -0.1) is 0 Å². The quantitative estimate of drug-likeness (QED) is 0.581. The number of likely N-dealkylation sites (tertiary alicyclic amines) is 1. The molecule has 30 heavy (non-hydrogen) atoms. The van der Waals surface area contributed by atoms with Crippen LogP contribution in [-0.4, -0.2) is 43.4 Å². The minimum atomic E-state index is -2.84. The van der Waals surface area contributed by atoms with Crippen molar-refractivity contribution in [1.29, 1.82) is 0 Å². The van der Waals surface area contributed by atoms with Crippen LogP contribution in [0.2, 0.25) is 0 Å². The van der Waals surface area contributed by atoms with Gasteiger partial charge in [0, 0.05) is 12.2 Å². The second-order valence-electron chi connectivity index (χ2n) is 7.12. The summed E-state index contributed by atoms with van der Waals surface area (Å²) in [6.45, 7) is -0.0600. The highest BCUT2D eigenvalue weighted by Crippen LogP contribution is 2.26. The zero-order valence-electron chi connectivity index (χ0n) is 16.9. The van der Waals surface area contributed by atoms with Crippen molar-refractivity contribution in [3.05, 3.63) is 54.1 Å². The van der Waals surface area contributed by atoms with Crippen molar-refractivity contribution in [1.82, 2.24) is 10.2 Å². The van der Waals surface area contributed by atoms with Crippen LogP contribution in [0, 0.1) is 0 Å². The molecule has 8 heteroatoms. The van der Waals surface area contributed by atoms with Gasteiger partial charge in [-0.2, -0.15) is 8.78 Å². The lowest BCUT2D eigenvalue weighted by atomic mass is 10.0. The third kappa shape index (κ3) is 6.53. The third-order valence-electron chi connectivity index (χ3n) is 5.13. The van der Waals surface area contributed by atoms with Crippen molar-refractivity contribution in [2.45, 2.75) is 31.9 Å². The van der Waals surface area contributed by atoms with Crippen LogP contribution >= 0.6 is 12.2 Å². The van der Waals surface area contributed by atoms with E-state index in [-0.39, 0.29) is 11.8 Å².